The summed E-state index contributed by atoms with van der Waals surface area (Å²) < 4.78 is 12.9. The Morgan fingerprint density at radius 2 is 2.07 bits per heavy atom. The highest BCUT2D eigenvalue weighted by atomic mass is 19.1. The summed E-state index contributed by atoms with van der Waals surface area (Å²) in [5, 5.41) is 9.71. The van der Waals surface area contributed by atoms with Gasteiger partial charge >= 0.3 is 0 Å². The lowest BCUT2D eigenvalue weighted by Crippen LogP contribution is -1.96. The van der Waals surface area contributed by atoms with Crippen LogP contribution in [0.2, 0.25) is 0 Å². The Balaban J connectivity index is 2.75. The van der Waals surface area contributed by atoms with Crippen molar-refractivity contribution in [3.63, 3.8) is 0 Å². The van der Waals surface area contributed by atoms with E-state index < -0.39 is 0 Å². The summed E-state index contributed by atoms with van der Waals surface area (Å²) >= 11 is 0. The average Bonchev–Trinajstić information content (AvgIpc) is 2.16. The number of hydrogen-bond donors (Lipinski definition) is 0. The lowest BCUT2D eigenvalue weighted by Gasteiger charge is -2.06. The lowest BCUT2D eigenvalue weighted by molar-refractivity contribution is 0.629. The van der Waals surface area contributed by atoms with Gasteiger partial charge in [0.05, 0.1) is 11.9 Å². The predicted molar refractivity (Wildman–Crippen MR) is 53.6 cm³/mol. The largest absolute Gasteiger partial charge is 0.207 e. The summed E-state index contributed by atoms with van der Waals surface area (Å²) in [4.78, 5) is 0. The number of benzene rings is 1. The summed E-state index contributed by atoms with van der Waals surface area (Å²) in [6.45, 7) is 4.10. The monoisotopic (exact) mass is 190 g/mol. The highest BCUT2D eigenvalue weighted by Gasteiger charge is 2.07. The molecule has 0 aliphatic carbocycles. The van der Waals surface area contributed by atoms with Crippen molar-refractivity contribution in [3.8, 4) is 0 Å². The summed E-state index contributed by atoms with van der Waals surface area (Å²) in [5.74, 6) is 0.0665. The zero-order chi connectivity index (χ0) is 10.1. The fourth-order valence-electron chi connectivity index (χ4n) is 1.51. The van der Waals surface area contributed by atoms with Gasteiger partial charge in [-0.1, -0.05) is 13.8 Å². The molecule has 0 aliphatic heterocycles. The Morgan fingerprint density at radius 3 is 2.79 bits per heavy atom. The maximum absolute atomic E-state index is 12.9. The highest BCUT2D eigenvalue weighted by molar-refractivity contribution is 5.83. The first kappa shape index (κ1) is 9.06. The van der Waals surface area contributed by atoms with Crippen LogP contribution in [0, 0.1) is 5.82 Å². The lowest BCUT2D eigenvalue weighted by atomic mass is 10.0. The van der Waals surface area contributed by atoms with E-state index in [9.17, 15) is 4.39 Å². The van der Waals surface area contributed by atoms with Crippen LogP contribution in [0.3, 0.4) is 0 Å². The molecule has 0 fully saturated rings. The molecule has 72 valence electrons. The third kappa shape index (κ3) is 1.45. The van der Waals surface area contributed by atoms with E-state index >= 15 is 0 Å². The Labute approximate surface area is 81.8 Å². The van der Waals surface area contributed by atoms with Crippen LogP contribution in [-0.4, -0.2) is 10.2 Å². The second kappa shape index (κ2) is 3.33. The number of hydrogen-bond acceptors (Lipinski definition) is 2. The minimum atomic E-state index is -0.236. The maximum atomic E-state index is 12.9. The molecule has 1 aromatic carbocycles. The van der Waals surface area contributed by atoms with Crippen LogP contribution in [0.1, 0.15) is 25.5 Å². The van der Waals surface area contributed by atoms with E-state index in [4.69, 9.17) is 0 Å². The Hall–Kier alpha value is -1.51. The van der Waals surface area contributed by atoms with E-state index in [1.165, 1.54) is 12.1 Å². The maximum Gasteiger partial charge on any atom is 0.123 e. The van der Waals surface area contributed by atoms with Crippen molar-refractivity contribution in [2.24, 2.45) is 0 Å². The van der Waals surface area contributed by atoms with Crippen LogP contribution in [0.4, 0.5) is 4.39 Å². The van der Waals surface area contributed by atoms with Crippen LogP contribution in [0.15, 0.2) is 24.4 Å². The molecule has 14 heavy (non-hydrogen) atoms. The molecular weight excluding hydrogens is 179 g/mol. The van der Waals surface area contributed by atoms with Crippen molar-refractivity contribution in [2.45, 2.75) is 19.8 Å². The third-order valence-corrected chi connectivity index (χ3v) is 2.20. The van der Waals surface area contributed by atoms with Crippen molar-refractivity contribution in [1.29, 1.82) is 0 Å². The van der Waals surface area contributed by atoms with Gasteiger partial charge in [-0.3, -0.25) is 0 Å². The van der Waals surface area contributed by atoms with Gasteiger partial charge in [0.1, 0.15) is 5.82 Å². The van der Waals surface area contributed by atoms with Crippen molar-refractivity contribution in [3.05, 3.63) is 35.9 Å². The van der Waals surface area contributed by atoms with Gasteiger partial charge in [-0.05, 0) is 24.1 Å². The molecule has 0 amide bonds. The quantitative estimate of drug-likeness (QED) is 0.691. The number of nitrogens with zero attached hydrogens (tertiary/aromatic N) is 2. The first-order valence-corrected chi connectivity index (χ1v) is 4.59. The van der Waals surface area contributed by atoms with E-state index in [1.807, 2.05) is 13.8 Å². The SMILES string of the molecule is CC(C)c1nncc2cc(F)ccc12. The fraction of sp³-hybridized carbons (Fsp3) is 0.273. The molecule has 0 aliphatic rings. The first-order valence-electron chi connectivity index (χ1n) is 4.59. The topological polar surface area (TPSA) is 25.8 Å². The number of fused-ring (bicyclic) bond motifs is 1. The molecule has 0 saturated carbocycles. The number of halogens is 1. The minimum absolute atomic E-state index is 0.236. The van der Waals surface area contributed by atoms with Crippen LogP contribution >= 0.6 is 0 Å². The van der Waals surface area contributed by atoms with E-state index in [0.717, 1.165) is 16.5 Å². The Morgan fingerprint density at radius 1 is 1.29 bits per heavy atom. The Bertz CT molecular complexity index is 466. The molecule has 0 N–H and O–H groups in total. The molecule has 1 aromatic heterocycles. The molecule has 2 nitrogen and oxygen atoms in total. The molecule has 0 spiro atoms. The van der Waals surface area contributed by atoms with Gasteiger partial charge in [0.2, 0.25) is 0 Å². The molecule has 0 saturated heterocycles. The zero-order valence-corrected chi connectivity index (χ0v) is 8.16. The van der Waals surface area contributed by atoms with Gasteiger partial charge in [-0.25, -0.2) is 4.39 Å². The van der Waals surface area contributed by atoms with Crippen LogP contribution < -0.4 is 0 Å². The molecule has 2 rings (SSSR count). The van der Waals surface area contributed by atoms with E-state index in [0.29, 0.717) is 5.92 Å². The standard InChI is InChI=1S/C11H11FN2/c1-7(2)11-10-4-3-9(12)5-8(10)6-13-14-11/h3-7H,1-2H3. The second-order valence-corrected chi connectivity index (χ2v) is 3.62. The van der Waals surface area contributed by atoms with Gasteiger partial charge in [-0.15, -0.1) is 0 Å². The van der Waals surface area contributed by atoms with Crippen LogP contribution in [0.25, 0.3) is 10.8 Å². The molecule has 0 unspecified atom stereocenters. The summed E-state index contributed by atoms with van der Waals surface area (Å²) in [6, 6.07) is 4.69. The van der Waals surface area contributed by atoms with Crippen LogP contribution in [0.5, 0.6) is 0 Å². The first-order chi connectivity index (χ1) is 6.68. The van der Waals surface area contributed by atoms with E-state index in [1.54, 1.807) is 12.3 Å². The number of aromatic nitrogens is 2. The van der Waals surface area contributed by atoms with Crippen molar-refractivity contribution >= 4 is 10.8 Å². The zero-order valence-electron chi connectivity index (χ0n) is 8.16. The van der Waals surface area contributed by atoms with Crippen molar-refractivity contribution < 1.29 is 4.39 Å². The molecular formula is C11H11FN2. The fourth-order valence-corrected chi connectivity index (χ4v) is 1.51. The van der Waals surface area contributed by atoms with E-state index in [2.05, 4.69) is 10.2 Å². The molecule has 0 atom stereocenters. The Kier molecular flexibility index (Phi) is 2.15. The molecule has 0 bridgehead atoms. The number of rotatable bonds is 1. The van der Waals surface area contributed by atoms with Gasteiger partial charge < -0.3 is 0 Å². The van der Waals surface area contributed by atoms with Crippen molar-refractivity contribution in [1.82, 2.24) is 10.2 Å². The molecule has 1 heterocycles. The van der Waals surface area contributed by atoms with Crippen molar-refractivity contribution in [2.75, 3.05) is 0 Å². The van der Waals surface area contributed by atoms with Gasteiger partial charge in [0, 0.05) is 10.8 Å². The summed E-state index contributed by atoms with van der Waals surface area (Å²) in [7, 11) is 0. The average molecular weight is 190 g/mol. The normalized spacial score (nSPS) is 11.1. The van der Waals surface area contributed by atoms with Gasteiger partial charge in [0.15, 0.2) is 0 Å². The highest BCUT2D eigenvalue weighted by Crippen LogP contribution is 2.22. The predicted octanol–water partition coefficient (Wildman–Crippen LogP) is 2.89. The van der Waals surface area contributed by atoms with Gasteiger partial charge in [0.25, 0.3) is 0 Å². The van der Waals surface area contributed by atoms with E-state index in [-0.39, 0.29) is 5.82 Å². The van der Waals surface area contributed by atoms with Crippen LogP contribution in [-0.2, 0) is 0 Å². The molecule has 0 radical (unpaired) electrons. The second-order valence-electron chi connectivity index (χ2n) is 3.62. The minimum Gasteiger partial charge on any atom is -0.207 e. The summed E-state index contributed by atoms with van der Waals surface area (Å²) in [5.41, 5.74) is 0.919. The molecule has 2 aromatic rings. The molecule has 3 heteroatoms. The third-order valence-electron chi connectivity index (χ3n) is 2.20. The summed E-state index contributed by atoms with van der Waals surface area (Å²) in [6.07, 6.45) is 1.59. The van der Waals surface area contributed by atoms with Gasteiger partial charge in [-0.2, -0.15) is 10.2 Å². The smallest absolute Gasteiger partial charge is 0.123 e.